The highest BCUT2D eigenvalue weighted by molar-refractivity contribution is 5.33. The smallest absolute Gasteiger partial charge is 0.0210 e. The van der Waals surface area contributed by atoms with E-state index in [1.165, 1.54) is 23.1 Å². The van der Waals surface area contributed by atoms with E-state index in [0.29, 0.717) is 0 Å². The molecule has 1 aliphatic rings. The number of rotatable bonds is 3. The SMILES string of the molecule is Cc1cccc(CNC2CC2C)c1C. The van der Waals surface area contributed by atoms with E-state index in [1.54, 1.807) is 0 Å². The van der Waals surface area contributed by atoms with Gasteiger partial charge in [0.2, 0.25) is 0 Å². The van der Waals surface area contributed by atoms with Gasteiger partial charge < -0.3 is 5.32 Å². The van der Waals surface area contributed by atoms with Crippen molar-refractivity contribution in [2.24, 2.45) is 5.92 Å². The molecule has 0 aliphatic heterocycles. The molecule has 0 amide bonds. The van der Waals surface area contributed by atoms with E-state index in [-0.39, 0.29) is 0 Å². The van der Waals surface area contributed by atoms with Crippen LogP contribution < -0.4 is 5.32 Å². The summed E-state index contributed by atoms with van der Waals surface area (Å²) in [6.45, 7) is 7.73. The van der Waals surface area contributed by atoms with Crippen molar-refractivity contribution in [2.75, 3.05) is 0 Å². The fourth-order valence-corrected chi connectivity index (χ4v) is 1.85. The second-order valence-electron chi connectivity index (χ2n) is 4.56. The first kappa shape index (κ1) is 9.72. The molecule has 76 valence electrons. The fraction of sp³-hybridized carbons (Fsp3) is 0.538. The standard InChI is InChI=1S/C13H19N/c1-9-5-4-6-12(11(9)3)8-14-13-7-10(13)2/h4-6,10,13-14H,7-8H2,1-3H3. The fourth-order valence-electron chi connectivity index (χ4n) is 1.85. The Balaban J connectivity index is 1.98. The summed E-state index contributed by atoms with van der Waals surface area (Å²) in [6.07, 6.45) is 1.35. The van der Waals surface area contributed by atoms with Crippen LogP contribution >= 0.6 is 0 Å². The van der Waals surface area contributed by atoms with Crippen LogP contribution in [0.3, 0.4) is 0 Å². The summed E-state index contributed by atoms with van der Waals surface area (Å²) in [5.41, 5.74) is 4.28. The molecule has 1 aliphatic carbocycles. The maximum Gasteiger partial charge on any atom is 0.0210 e. The van der Waals surface area contributed by atoms with Crippen LogP contribution in [0.1, 0.15) is 30.0 Å². The van der Waals surface area contributed by atoms with Crippen LogP contribution in [0, 0.1) is 19.8 Å². The van der Waals surface area contributed by atoms with Crippen molar-refractivity contribution in [3.8, 4) is 0 Å². The molecule has 0 radical (unpaired) electrons. The summed E-state index contributed by atoms with van der Waals surface area (Å²) in [4.78, 5) is 0. The van der Waals surface area contributed by atoms with Gasteiger partial charge in [-0.2, -0.15) is 0 Å². The zero-order chi connectivity index (χ0) is 10.1. The van der Waals surface area contributed by atoms with Crippen LogP contribution in [0.5, 0.6) is 0 Å². The molecule has 1 heteroatoms. The molecule has 1 fully saturated rings. The molecule has 1 nitrogen and oxygen atoms in total. The minimum absolute atomic E-state index is 0.773. The molecular formula is C13H19N. The van der Waals surface area contributed by atoms with E-state index in [0.717, 1.165) is 18.5 Å². The molecule has 0 saturated heterocycles. The summed E-state index contributed by atoms with van der Waals surface area (Å²) < 4.78 is 0. The first-order valence-corrected chi connectivity index (χ1v) is 5.47. The molecule has 2 unspecified atom stereocenters. The number of hydrogen-bond donors (Lipinski definition) is 1. The van der Waals surface area contributed by atoms with Gasteiger partial charge in [-0.25, -0.2) is 0 Å². The normalized spacial score (nSPS) is 25.1. The molecular weight excluding hydrogens is 170 g/mol. The number of benzene rings is 1. The lowest BCUT2D eigenvalue weighted by molar-refractivity contribution is 0.650. The molecule has 0 heterocycles. The Kier molecular flexibility index (Phi) is 2.60. The number of aryl methyl sites for hydroxylation is 1. The second kappa shape index (κ2) is 3.74. The minimum atomic E-state index is 0.773. The molecule has 2 rings (SSSR count). The first-order chi connectivity index (χ1) is 6.68. The van der Waals surface area contributed by atoms with Crippen LogP contribution in [0.2, 0.25) is 0 Å². The lowest BCUT2D eigenvalue weighted by Crippen LogP contribution is -2.17. The van der Waals surface area contributed by atoms with Gasteiger partial charge in [0.1, 0.15) is 0 Å². The van der Waals surface area contributed by atoms with Gasteiger partial charge >= 0.3 is 0 Å². The van der Waals surface area contributed by atoms with Crippen LogP contribution in [0.4, 0.5) is 0 Å². The van der Waals surface area contributed by atoms with Crippen molar-refractivity contribution in [1.29, 1.82) is 0 Å². The van der Waals surface area contributed by atoms with Crippen molar-refractivity contribution in [1.82, 2.24) is 5.32 Å². The van der Waals surface area contributed by atoms with Gasteiger partial charge in [-0.05, 0) is 42.9 Å². The molecule has 1 saturated carbocycles. The molecule has 14 heavy (non-hydrogen) atoms. The van der Waals surface area contributed by atoms with Crippen molar-refractivity contribution < 1.29 is 0 Å². The molecule has 1 aromatic carbocycles. The highest BCUT2D eigenvalue weighted by Gasteiger charge is 2.31. The van der Waals surface area contributed by atoms with E-state index < -0.39 is 0 Å². The summed E-state index contributed by atoms with van der Waals surface area (Å²) in [7, 11) is 0. The quantitative estimate of drug-likeness (QED) is 0.771. The molecule has 2 atom stereocenters. The van der Waals surface area contributed by atoms with Crippen LogP contribution in [-0.2, 0) is 6.54 Å². The zero-order valence-corrected chi connectivity index (χ0v) is 9.30. The summed E-state index contributed by atoms with van der Waals surface area (Å²) >= 11 is 0. The van der Waals surface area contributed by atoms with E-state index in [1.807, 2.05) is 0 Å². The summed E-state index contributed by atoms with van der Waals surface area (Å²) in [5.74, 6) is 0.889. The first-order valence-electron chi connectivity index (χ1n) is 5.47. The molecule has 0 spiro atoms. The van der Waals surface area contributed by atoms with E-state index in [2.05, 4.69) is 44.3 Å². The van der Waals surface area contributed by atoms with Crippen LogP contribution in [0.15, 0.2) is 18.2 Å². The monoisotopic (exact) mass is 189 g/mol. The Hall–Kier alpha value is -0.820. The summed E-state index contributed by atoms with van der Waals surface area (Å²) in [6, 6.07) is 7.33. The highest BCUT2D eigenvalue weighted by Crippen LogP contribution is 2.29. The highest BCUT2D eigenvalue weighted by atomic mass is 15.0. The third-order valence-corrected chi connectivity index (χ3v) is 3.38. The Morgan fingerprint density at radius 1 is 1.36 bits per heavy atom. The van der Waals surface area contributed by atoms with Crippen molar-refractivity contribution >= 4 is 0 Å². The van der Waals surface area contributed by atoms with Gasteiger partial charge in [0.15, 0.2) is 0 Å². The van der Waals surface area contributed by atoms with Crippen molar-refractivity contribution in [3.05, 3.63) is 34.9 Å². The van der Waals surface area contributed by atoms with Gasteiger partial charge in [-0.15, -0.1) is 0 Å². The van der Waals surface area contributed by atoms with Crippen LogP contribution in [0.25, 0.3) is 0 Å². The van der Waals surface area contributed by atoms with E-state index >= 15 is 0 Å². The molecule has 0 aromatic heterocycles. The largest absolute Gasteiger partial charge is 0.310 e. The van der Waals surface area contributed by atoms with Gasteiger partial charge in [0.25, 0.3) is 0 Å². The zero-order valence-electron chi connectivity index (χ0n) is 9.30. The number of hydrogen-bond acceptors (Lipinski definition) is 1. The molecule has 0 bridgehead atoms. The van der Waals surface area contributed by atoms with E-state index in [9.17, 15) is 0 Å². The van der Waals surface area contributed by atoms with Gasteiger partial charge in [-0.3, -0.25) is 0 Å². The topological polar surface area (TPSA) is 12.0 Å². The third-order valence-electron chi connectivity index (χ3n) is 3.38. The maximum absolute atomic E-state index is 3.59. The van der Waals surface area contributed by atoms with Gasteiger partial charge in [0, 0.05) is 12.6 Å². The Morgan fingerprint density at radius 2 is 2.07 bits per heavy atom. The Labute approximate surface area is 86.5 Å². The van der Waals surface area contributed by atoms with Gasteiger partial charge in [0.05, 0.1) is 0 Å². The Morgan fingerprint density at radius 3 is 2.71 bits per heavy atom. The summed E-state index contributed by atoms with van der Waals surface area (Å²) in [5, 5.41) is 3.59. The van der Waals surface area contributed by atoms with Crippen LogP contribution in [-0.4, -0.2) is 6.04 Å². The minimum Gasteiger partial charge on any atom is -0.310 e. The van der Waals surface area contributed by atoms with Crippen molar-refractivity contribution in [3.63, 3.8) is 0 Å². The lowest BCUT2D eigenvalue weighted by Gasteiger charge is -2.09. The predicted octanol–water partition coefficient (Wildman–Crippen LogP) is 2.80. The van der Waals surface area contributed by atoms with Gasteiger partial charge in [-0.1, -0.05) is 25.1 Å². The molecule has 1 aromatic rings. The predicted molar refractivity (Wildman–Crippen MR) is 60.3 cm³/mol. The van der Waals surface area contributed by atoms with Crippen molar-refractivity contribution in [2.45, 2.75) is 39.8 Å². The lowest BCUT2D eigenvalue weighted by atomic mass is 10.0. The second-order valence-corrected chi connectivity index (χ2v) is 4.56. The third kappa shape index (κ3) is 1.98. The number of nitrogens with one attached hydrogen (secondary N) is 1. The molecule has 1 N–H and O–H groups in total. The maximum atomic E-state index is 3.59. The van der Waals surface area contributed by atoms with E-state index in [4.69, 9.17) is 0 Å². The average Bonchev–Trinajstić information content (AvgIpc) is 2.85. The average molecular weight is 189 g/mol. The Bertz CT molecular complexity index is 330.